The fourth-order valence-corrected chi connectivity index (χ4v) is 3.51. The van der Waals surface area contributed by atoms with Crippen molar-refractivity contribution in [1.82, 2.24) is 15.0 Å². The van der Waals surface area contributed by atoms with Crippen molar-refractivity contribution in [2.24, 2.45) is 0 Å². The summed E-state index contributed by atoms with van der Waals surface area (Å²) in [6, 6.07) is 14.2. The molecule has 150 valence electrons. The van der Waals surface area contributed by atoms with E-state index in [0.717, 1.165) is 37.3 Å². The predicted molar refractivity (Wildman–Crippen MR) is 113 cm³/mol. The van der Waals surface area contributed by atoms with Gasteiger partial charge in [-0.25, -0.2) is 9.97 Å². The number of carbonyl (C=O) groups is 1. The molecule has 7 nitrogen and oxygen atoms in total. The second kappa shape index (κ2) is 10.5. The van der Waals surface area contributed by atoms with Crippen LogP contribution >= 0.6 is 0 Å². The molecule has 3 heterocycles. The van der Waals surface area contributed by atoms with Gasteiger partial charge in [-0.1, -0.05) is 24.3 Å². The van der Waals surface area contributed by atoms with Crippen molar-refractivity contribution in [2.75, 3.05) is 29.9 Å². The molecule has 1 aromatic carbocycles. The van der Waals surface area contributed by atoms with Crippen molar-refractivity contribution in [3.8, 4) is 11.4 Å². The molecular weight excluding hydrogens is 389 g/mol. The van der Waals surface area contributed by atoms with Crippen molar-refractivity contribution in [3.63, 3.8) is 0 Å². The maximum Gasteiger partial charge on any atom is 1.00 e. The third-order valence-electron chi connectivity index (χ3n) is 5.02. The molecule has 1 aliphatic rings. The molecule has 0 bridgehead atoms. The number of nitrogens with zero attached hydrogens (tertiary/aromatic N) is 4. The van der Waals surface area contributed by atoms with Crippen LogP contribution in [0, 0.1) is 0 Å². The van der Waals surface area contributed by atoms with Gasteiger partial charge in [0, 0.05) is 43.7 Å². The first-order valence-electron chi connectivity index (χ1n) is 9.76. The summed E-state index contributed by atoms with van der Waals surface area (Å²) in [6.07, 6.45) is 5.40. The minimum absolute atomic E-state index is 0. The third-order valence-corrected chi connectivity index (χ3v) is 5.02. The van der Waals surface area contributed by atoms with Gasteiger partial charge < -0.3 is 16.7 Å². The predicted octanol–water partition coefficient (Wildman–Crippen LogP) is 0.147. The molecule has 4 rings (SSSR count). The molecule has 0 amide bonds. The van der Waals surface area contributed by atoms with Gasteiger partial charge in [-0.15, -0.1) is 0 Å². The first kappa shape index (κ1) is 22.2. The van der Waals surface area contributed by atoms with Crippen LogP contribution < -0.4 is 39.8 Å². The zero-order valence-electron chi connectivity index (χ0n) is 18.1. The standard InChI is InChI=1S/C22H23N5O2.Na.H/c28-21(29)7-11-24-19-14-20(26-22(25-19)18-6-3-10-23-15-18)27-12-8-16-4-1-2-5-17(16)9-13-27;;/h1-6,10,14-15H,7-9,11-13H2,(H,28,29)(H,24,25,26);;/q;+1;-1. The zero-order chi connectivity index (χ0) is 20.1. The topological polar surface area (TPSA) is 91.2 Å². The van der Waals surface area contributed by atoms with Gasteiger partial charge in [0.05, 0.1) is 6.42 Å². The van der Waals surface area contributed by atoms with E-state index in [-0.39, 0.29) is 37.4 Å². The van der Waals surface area contributed by atoms with Gasteiger partial charge in [0.1, 0.15) is 11.6 Å². The fraction of sp³-hybridized carbons (Fsp3) is 0.273. The molecule has 0 saturated heterocycles. The van der Waals surface area contributed by atoms with Crippen LogP contribution in [0.2, 0.25) is 0 Å². The first-order chi connectivity index (χ1) is 14.2. The van der Waals surface area contributed by atoms with E-state index in [1.165, 1.54) is 11.1 Å². The van der Waals surface area contributed by atoms with Crippen molar-refractivity contribution < 1.29 is 40.9 Å². The van der Waals surface area contributed by atoms with Crippen molar-refractivity contribution in [3.05, 3.63) is 66.0 Å². The number of pyridine rings is 1. The number of hydrogen-bond acceptors (Lipinski definition) is 6. The number of carboxylic acid groups (broad SMARTS) is 1. The van der Waals surface area contributed by atoms with Crippen LogP contribution in [0.5, 0.6) is 0 Å². The summed E-state index contributed by atoms with van der Waals surface area (Å²) in [5.41, 5.74) is 3.60. The van der Waals surface area contributed by atoms with Crippen molar-refractivity contribution in [1.29, 1.82) is 0 Å². The van der Waals surface area contributed by atoms with E-state index in [9.17, 15) is 4.79 Å². The Bertz CT molecular complexity index is 979. The summed E-state index contributed by atoms with van der Waals surface area (Å²) in [5.74, 6) is 1.20. The molecule has 0 saturated carbocycles. The van der Waals surface area contributed by atoms with Gasteiger partial charge in [-0.3, -0.25) is 9.78 Å². The van der Waals surface area contributed by atoms with Crippen LogP contribution in [0.25, 0.3) is 11.4 Å². The maximum absolute atomic E-state index is 10.8. The SMILES string of the molecule is O=C(O)CCNc1cc(N2CCc3ccccc3CC2)nc(-c2cccnc2)n1.[H-].[Na+]. The summed E-state index contributed by atoms with van der Waals surface area (Å²) in [7, 11) is 0. The molecule has 0 fully saturated rings. The van der Waals surface area contributed by atoms with Gasteiger partial charge in [0.2, 0.25) is 0 Å². The maximum atomic E-state index is 10.8. The van der Waals surface area contributed by atoms with E-state index in [1.807, 2.05) is 18.2 Å². The Balaban J connectivity index is 0.00000171. The van der Waals surface area contributed by atoms with Crippen LogP contribution in [0.4, 0.5) is 11.6 Å². The second-order valence-electron chi connectivity index (χ2n) is 7.00. The van der Waals surface area contributed by atoms with E-state index < -0.39 is 5.97 Å². The summed E-state index contributed by atoms with van der Waals surface area (Å²) in [4.78, 5) is 26.7. The number of rotatable bonds is 6. The Hall–Kier alpha value is -2.48. The van der Waals surface area contributed by atoms with Gasteiger partial charge in [-0.2, -0.15) is 0 Å². The minimum atomic E-state index is -0.843. The zero-order valence-corrected chi connectivity index (χ0v) is 19.1. The molecule has 0 radical (unpaired) electrons. The molecule has 2 N–H and O–H groups in total. The largest absolute Gasteiger partial charge is 1.00 e. The molecule has 30 heavy (non-hydrogen) atoms. The number of anilines is 2. The van der Waals surface area contributed by atoms with Crippen LogP contribution in [0.3, 0.4) is 0 Å². The molecule has 0 unspecified atom stereocenters. The Labute approximate surface area is 199 Å². The van der Waals surface area contributed by atoms with E-state index in [0.29, 0.717) is 18.2 Å². The number of benzene rings is 1. The number of fused-ring (bicyclic) bond motifs is 1. The van der Waals surface area contributed by atoms with E-state index in [4.69, 9.17) is 10.1 Å². The summed E-state index contributed by atoms with van der Waals surface area (Å²) in [6.45, 7) is 2.05. The van der Waals surface area contributed by atoms with Gasteiger partial charge in [0.25, 0.3) is 0 Å². The second-order valence-corrected chi connectivity index (χ2v) is 7.00. The molecule has 0 spiro atoms. The molecule has 3 aromatic rings. The normalized spacial score (nSPS) is 13.0. The number of carboxylic acids is 1. The Morgan fingerprint density at radius 3 is 2.47 bits per heavy atom. The first-order valence-corrected chi connectivity index (χ1v) is 9.76. The fourth-order valence-electron chi connectivity index (χ4n) is 3.51. The van der Waals surface area contributed by atoms with Gasteiger partial charge in [-0.05, 0) is 36.1 Å². The summed E-state index contributed by atoms with van der Waals surface area (Å²) < 4.78 is 0. The van der Waals surface area contributed by atoms with Crippen molar-refractivity contribution in [2.45, 2.75) is 19.3 Å². The summed E-state index contributed by atoms with van der Waals surface area (Å²) in [5, 5.41) is 12.0. The third kappa shape index (κ3) is 5.56. The quantitative estimate of drug-likeness (QED) is 0.556. The number of hydrogen-bond donors (Lipinski definition) is 2. The molecular formula is C22H24N5NaO2. The Kier molecular flexibility index (Phi) is 7.79. The number of nitrogens with one attached hydrogen (secondary N) is 1. The van der Waals surface area contributed by atoms with Crippen LogP contribution in [0.1, 0.15) is 19.0 Å². The van der Waals surface area contributed by atoms with Crippen LogP contribution in [-0.4, -0.2) is 45.7 Å². The van der Waals surface area contributed by atoms with Gasteiger partial charge in [0.15, 0.2) is 5.82 Å². The molecule has 8 heteroatoms. The molecule has 0 aliphatic carbocycles. The van der Waals surface area contributed by atoms with E-state index >= 15 is 0 Å². The smallest absolute Gasteiger partial charge is 1.00 e. The van der Waals surface area contributed by atoms with E-state index in [1.54, 1.807) is 12.4 Å². The van der Waals surface area contributed by atoms with Crippen LogP contribution in [0.15, 0.2) is 54.9 Å². The van der Waals surface area contributed by atoms with Crippen LogP contribution in [-0.2, 0) is 17.6 Å². The molecule has 0 atom stereocenters. The van der Waals surface area contributed by atoms with E-state index in [2.05, 4.69) is 44.5 Å². The molecule has 2 aromatic heterocycles. The Morgan fingerprint density at radius 1 is 1.10 bits per heavy atom. The minimum Gasteiger partial charge on any atom is -1.00 e. The van der Waals surface area contributed by atoms with Crippen molar-refractivity contribution >= 4 is 17.6 Å². The summed E-state index contributed by atoms with van der Waals surface area (Å²) >= 11 is 0. The average Bonchev–Trinajstić information content (AvgIpc) is 2.97. The average molecular weight is 413 g/mol. The van der Waals surface area contributed by atoms with Gasteiger partial charge >= 0.3 is 35.5 Å². The molecule has 1 aliphatic heterocycles. The monoisotopic (exact) mass is 413 g/mol. The Morgan fingerprint density at radius 2 is 1.83 bits per heavy atom. The number of aliphatic carboxylic acids is 1. The number of aromatic nitrogens is 3.